The third-order valence-corrected chi connectivity index (χ3v) is 3.66. The van der Waals surface area contributed by atoms with Crippen molar-refractivity contribution in [1.29, 1.82) is 0 Å². The molecule has 0 fully saturated rings. The molecular weight excluding hydrogens is 308 g/mol. The molecule has 23 heavy (non-hydrogen) atoms. The first-order valence-electron chi connectivity index (χ1n) is 7.65. The van der Waals surface area contributed by atoms with Gasteiger partial charge < -0.3 is 9.47 Å². The Bertz CT molecular complexity index is 624. The van der Waals surface area contributed by atoms with Crippen LogP contribution in [0.25, 0.3) is 0 Å². The Kier molecular flexibility index (Phi) is 6.81. The molecule has 4 nitrogen and oxygen atoms in total. The number of rotatable bonds is 6. The molecule has 0 atom stereocenters. The van der Waals surface area contributed by atoms with Gasteiger partial charge in [-0.3, -0.25) is 0 Å². The molecule has 0 radical (unpaired) electrons. The van der Waals surface area contributed by atoms with Gasteiger partial charge in [-0.1, -0.05) is 0 Å². The Hall–Kier alpha value is -2.14. The van der Waals surface area contributed by atoms with E-state index in [1.54, 1.807) is 11.8 Å². The number of hydrogen-bond acceptors (Lipinski definition) is 3. The van der Waals surface area contributed by atoms with Crippen molar-refractivity contribution in [2.45, 2.75) is 13.8 Å². The topological polar surface area (TPSA) is 44.5 Å². The minimum Gasteiger partial charge on any atom is -0.494 e. The highest BCUT2D eigenvalue weighted by molar-refractivity contribution is 8.13. The first-order valence-corrected chi connectivity index (χ1v) is 8.88. The van der Waals surface area contributed by atoms with E-state index >= 15 is 0 Å². The Labute approximate surface area is 141 Å². The first kappa shape index (κ1) is 17.2. The number of nitrogens with one attached hydrogen (secondary N) is 2. The van der Waals surface area contributed by atoms with E-state index in [1.807, 2.05) is 68.6 Å². The monoisotopic (exact) mass is 331 g/mol. The molecule has 0 bridgehead atoms. The van der Waals surface area contributed by atoms with Crippen molar-refractivity contribution in [2.24, 2.45) is 0 Å². The van der Waals surface area contributed by atoms with Crippen LogP contribution < -0.4 is 19.8 Å². The predicted octanol–water partition coefficient (Wildman–Crippen LogP) is 3.03. The molecule has 2 rings (SSSR count). The zero-order valence-corrected chi connectivity index (χ0v) is 14.6. The zero-order valence-electron chi connectivity index (χ0n) is 13.8. The second-order valence-corrected chi connectivity index (χ2v) is 5.51. The van der Waals surface area contributed by atoms with Crippen molar-refractivity contribution in [2.75, 3.05) is 24.8 Å². The SMILES string of the molecule is CCOc1ccc(NC(=[NH+]c2ccc(OCC)cc2)SC)cc1. The van der Waals surface area contributed by atoms with Crippen LogP contribution in [0, 0.1) is 0 Å². The fourth-order valence-corrected chi connectivity index (χ4v) is 2.44. The van der Waals surface area contributed by atoms with Crippen molar-refractivity contribution >= 4 is 28.3 Å². The predicted molar refractivity (Wildman–Crippen MR) is 98.0 cm³/mol. The van der Waals surface area contributed by atoms with Crippen LogP contribution in [0.1, 0.15) is 13.8 Å². The fourth-order valence-electron chi connectivity index (χ4n) is 2.00. The number of anilines is 1. The van der Waals surface area contributed by atoms with Gasteiger partial charge in [0.2, 0.25) is 0 Å². The summed E-state index contributed by atoms with van der Waals surface area (Å²) in [6.07, 6.45) is 2.03. The number of thioether (sulfide) groups is 1. The fraction of sp³-hybridized carbons (Fsp3) is 0.278. The van der Waals surface area contributed by atoms with Crippen LogP contribution in [0.5, 0.6) is 11.5 Å². The van der Waals surface area contributed by atoms with Gasteiger partial charge in [0.25, 0.3) is 0 Å². The largest absolute Gasteiger partial charge is 0.494 e. The quantitative estimate of drug-likeness (QED) is 0.631. The standard InChI is InChI=1S/C18H22N2O2S/c1-4-21-16-10-6-14(7-11-16)19-18(23-3)20-15-8-12-17(13-9-15)22-5-2/h6-13H,4-5H2,1-3H3,(H,19,20)/p+1. The van der Waals surface area contributed by atoms with E-state index in [-0.39, 0.29) is 0 Å². The molecule has 2 aromatic rings. The summed E-state index contributed by atoms with van der Waals surface area (Å²) in [6, 6.07) is 15.8. The number of benzene rings is 2. The number of amidine groups is 1. The van der Waals surface area contributed by atoms with Crippen molar-refractivity contribution < 1.29 is 14.5 Å². The number of hydrogen-bond donors (Lipinski definition) is 2. The van der Waals surface area contributed by atoms with E-state index in [9.17, 15) is 0 Å². The molecule has 5 heteroatoms. The molecule has 2 aromatic carbocycles. The molecule has 0 unspecified atom stereocenters. The highest BCUT2D eigenvalue weighted by Crippen LogP contribution is 2.16. The summed E-state index contributed by atoms with van der Waals surface area (Å²) in [5.74, 6) is 1.76. The molecule has 0 amide bonds. The van der Waals surface area contributed by atoms with Crippen LogP contribution in [0.2, 0.25) is 0 Å². The lowest BCUT2D eigenvalue weighted by atomic mass is 10.3. The maximum atomic E-state index is 5.45. The zero-order chi connectivity index (χ0) is 16.5. The van der Waals surface area contributed by atoms with Gasteiger partial charge in [0.05, 0.1) is 13.2 Å². The minimum atomic E-state index is 0.675. The van der Waals surface area contributed by atoms with Crippen LogP contribution in [-0.4, -0.2) is 24.6 Å². The maximum Gasteiger partial charge on any atom is 0.313 e. The van der Waals surface area contributed by atoms with Gasteiger partial charge in [-0.15, -0.1) is 0 Å². The van der Waals surface area contributed by atoms with E-state index < -0.39 is 0 Å². The molecule has 0 saturated carbocycles. The first-order chi connectivity index (χ1) is 11.2. The van der Waals surface area contributed by atoms with Gasteiger partial charge in [0, 0.05) is 0 Å². The van der Waals surface area contributed by atoms with Crippen molar-refractivity contribution in [3.8, 4) is 11.5 Å². The van der Waals surface area contributed by atoms with E-state index in [4.69, 9.17) is 9.47 Å². The number of ether oxygens (including phenoxy) is 2. The maximum absolute atomic E-state index is 5.45. The molecule has 0 aliphatic rings. The van der Waals surface area contributed by atoms with Gasteiger partial charge in [0.15, 0.2) is 0 Å². The van der Waals surface area contributed by atoms with Gasteiger partial charge in [0.1, 0.15) is 22.9 Å². The summed E-state index contributed by atoms with van der Waals surface area (Å²) in [4.78, 5) is 3.37. The molecule has 0 heterocycles. The third-order valence-electron chi connectivity index (χ3n) is 3.05. The minimum absolute atomic E-state index is 0.675. The average Bonchev–Trinajstić information content (AvgIpc) is 2.58. The highest BCUT2D eigenvalue weighted by atomic mass is 32.2. The molecule has 0 spiro atoms. The summed E-state index contributed by atoms with van der Waals surface area (Å²) in [6.45, 7) is 5.31. The molecule has 0 saturated heterocycles. The molecule has 0 aliphatic carbocycles. The lowest BCUT2D eigenvalue weighted by Gasteiger charge is -2.04. The molecular formula is C18H23N2O2S+. The van der Waals surface area contributed by atoms with E-state index in [0.717, 1.165) is 28.0 Å². The highest BCUT2D eigenvalue weighted by Gasteiger charge is 2.07. The molecule has 0 aliphatic heterocycles. The smallest absolute Gasteiger partial charge is 0.313 e. The lowest BCUT2D eigenvalue weighted by molar-refractivity contribution is -0.349. The van der Waals surface area contributed by atoms with E-state index in [0.29, 0.717) is 13.2 Å². The van der Waals surface area contributed by atoms with Gasteiger partial charge >= 0.3 is 5.17 Å². The Morgan fingerprint density at radius 3 is 1.91 bits per heavy atom. The Morgan fingerprint density at radius 1 is 0.913 bits per heavy atom. The molecule has 0 aromatic heterocycles. The van der Waals surface area contributed by atoms with Crippen LogP contribution >= 0.6 is 11.8 Å². The van der Waals surface area contributed by atoms with Crippen LogP contribution in [-0.2, 0) is 0 Å². The summed E-state index contributed by atoms with van der Waals surface area (Å²) in [5, 5.41) is 4.32. The summed E-state index contributed by atoms with van der Waals surface area (Å²) in [5.41, 5.74) is 2.02. The molecule has 122 valence electrons. The summed E-state index contributed by atoms with van der Waals surface area (Å²) < 4.78 is 10.9. The Morgan fingerprint density at radius 2 is 1.43 bits per heavy atom. The van der Waals surface area contributed by atoms with Crippen LogP contribution in [0.15, 0.2) is 48.5 Å². The van der Waals surface area contributed by atoms with Gasteiger partial charge in [-0.2, -0.15) is 0 Å². The van der Waals surface area contributed by atoms with E-state index in [2.05, 4.69) is 10.3 Å². The molecule has 2 N–H and O–H groups in total. The summed E-state index contributed by atoms with van der Waals surface area (Å²) >= 11 is 1.62. The van der Waals surface area contributed by atoms with Gasteiger partial charge in [-0.25, -0.2) is 10.3 Å². The second-order valence-electron chi connectivity index (χ2n) is 4.70. The van der Waals surface area contributed by atoms with E-state index in [1.165, 1.54) is 0 Å². The van der Waals surface area contributed by atoms with Gasteiger partial charge in [-0.05, 0) is 80.4 Å². The Balaban J connectivity index is 2.06. The third kappa shape index (κ3) is 5.53. The average molecular weight is 331 g/mol. The van der Waals surface area contributed by atoms with Crippen molar-refractivity contribution in [1.82, 2.24) is 0 Å². The lowest BCUT2D eigenvalue weighted by Crippen LogP contribution is -2.67. The van der Waals surface area contributed by atoms with Crippen molar-refractivity contribution in [3.05, 3.63) is 48.5 Å². The van der Waals surface area contributed by atoms with Crippen molar-refractivity contribution in [3.63, 3.8) is 0 Å². The summed E-state index contributed by atoms with van der Waals surface area (Å²) in [7, 11) is 0. The van der Waals surface area contributed by atoms with Crippen LogP contribution in [0.4, 0.5) is 11.4 Å². The second kappa shape index (κ2) is 9.10. The van der Waals surface area contributed by atoms with Crippen LogP contribution in [0.3, 0.4) is 0 Å². The normalized spacial score (nSPS) is 11.2.